The van der Waals surface area contributed by atoms with Gasteiger partial charge in [-0.25, -0.2) is 4.57 Å². The molecule has 0 heterocycles. The van der Waals surface area contributed by atoms with Crippen molar-refractivity contribution in [3.05, 3.63) is 97.2 Å². The number of rotatable bonds is 57. The van der Waals surface area contributed by atoms with E-state index in [2.05, 4.69) is 111 Å². The van der Waals surface area contributed by atoms with Gasteiger partial charge in [0.15, 0.2) is 6.10 Å². The molecule has 0 aliphatic carbocycles. The summed E-state index contributed by atoms with van der Waals surface area (Å²) in [6.07, 6.45) is 80.5. The maximum absolute atomic E-state index is 12.7. The number of phosphoric ester groups is 1. The van der Waals surface area contributed by atoms with Gasteiger partial charge in [-0.1, -0.05) is 259 Å². The van der Waals surface area contributed by atoms with E-state index in [1.54, 1.807) is 0 Å². The third-order valence-electron chi connectivity index (χ3n) is 13.0. The van der Waals surface area contributed by atoms with Gasteiger partial charge in [-0.2, -0.15) is 0 Å². The highest BCUT2D eigenvalue weighted by Gasteiger charge is 2.26. The van der Waals surface area contributed by atoms with Crippen molar-refractivity contribution in [1.29, 1.82) is 0 Å². The van der Waals surface area contributed by atoms with Gasteiger partial charge >= 0.3 is 19.8 Å². The fraction of sp³-hybridized carbons (Fsp3) is 0.723. The molecule has 0 spiro atoms. The van der Waals surface area contributed by atoms with E-state index in [0.29, 0.717) is 6.42 Å². The van der Waals surface area contributed by atoms with Crippen LogP contribution in [0.4, 0.5) is 0 Å². The number of unbranched alkanes of at least 4 members (excludes halogenated alkanes) is 28. The number of carbonyl (C=O) groups is 2. The Kier molecular flexibility index (Phi) is 57.7. The van der Waals surface area contributed by atoms with Gasteiger partial charge in [0.2, 0.25) is 0 Å². The maximum Gasteiger partial charge on any atom is 0.472 e. The van der Waals surface area contributed by atoms with Gasteiger partial charge in [0.05, 0.1) is 13.2 Å². The summed E-state index contributed by atoms with van der Waals surface area (Å²) in [4.78, 5) is 35.2. The molecule has 0 radical (unpaired) electrons. The van der Waals surface area contributed by atoms with Crippen LogP contribution in [0.5, 0.6) is 0 Å². The highest BCUT2D eigenvalue weighted by atomic mass is 31.2. The molecule has 9 nitrogen and oxygen atoms in total. The molecule has 75 heavy (non-hydrogen) atoms. The average Bonchev–Trinajstić information content (AvgIpc) is 3.40. The summed E-state index contributed by atoms with van der Waals surface area (Å²) in [5.74, 6) is -0.832. The first-order valence-electron chi connectivity index (χ1n) is 30.7. The van der Waals surface area contributed by atoms with Gasteiger partial charge in [0.25, 0.3) is 0 Å². The zero-order chi connectivity index (χ0) is 54.5. The Morgan fingerprint density at radius 1 is 0.413 bits per heavy atom. The Hall–Kier alpha value is -3.07. The zero-order valence-corrected chi connectivity index (χ0v) is 49.2. The molecule has 10 heteroatoms. The smallest absolute Gasteiger partial charge is 0.462 e. The van der Waals surface area contributed by atoms with Crippen LogP contribution in [0.1, 0.15) is 271 Å². The van der Waals surface area contributed by atoms with Crippen LogP contribution in [0.15, 0.2) is 97.2 Å². The van der Waals surface area contributed by atoms with Crippen LogP contribution >= 0.6 is 7.82 Å². The van der Waals surface area contributed by atoms with Crippen LogP contribution in [-0.4, -0.2) is 49.3 Å². The molecule has 0 aliphatic rings. The van der Waals surface area contributed by atoms with Crippen molar-refractivity contribution < 1.29 is 37.6 Å². The Bertz CT molecular complexity index is 1550. The summed E-state index contributed by atoms with van der Waals surface area (Å²) >= 11 is 0. The lowest BCUT2D eigenvalue weighted by molar-refractivity contribution is -0.161. The predicted molar refractivity (Wildman–Crippen MR) is 321 cm³/mol. The number of ether oxygens (including phenoxy) is 2. The van der Waals surface area contributed by atoms with Crippen molar-refractivity contribution in [2.75, 3.05) is 26.4 Å². The molecule has 2 unspecified atom stereocenters. The molecule has 0 bridgehead atoms. The molecular weight excluding hydrogens is 954 g/mol. The second-order valence-corrected chi connectivity index (χ2v) is 21.6. The molecule has 0 aromatic carbocycles. The molecule has 0 aromatic heterocycles. The molecule has 3 N–H and O–H groups in total. The third kappa shape index (κ3) is 60.0. The molecule has 432 valence electrons. The van der Waals surface area contributed by atoms with E-state index in [-0.39, 0.29) is 38.6 Å². The molecular formula is C65H114NO8P. The zero-order valence-electron chi connectivity index (χ0n) is 48.3. The van der Waals surface area contributed by atoms with Crippen molar-refractivity contribution in [3.8, 4) is 0 Å². The van der Waals surface area contributed by atoms with Crippen LogP contribution in [0.25, 0.3) is 0 Å². The summed E-state index contributed by atoms with van der Waals surface area (Å²) in [6.45, 7) is 3.61. The number of phosphoric acid groups is 1. The van der Waals surface area contributed by atoms with Crippen LogP contribution in [-0.2, 0) is 32.7 Å². The largest absolute Gasteiger partial charge is 0.472 e. The minimum atomic E-state index is -4.39. The van der Waals surface area contributed by atoms with E-state index < -0.39 is 26.5 Å². The van der Waals surface area contributed by atoms with Gasteiger partial charge in [0.1, 0.15) is 6.61 Å². The fourth-order valence-corrected chi connectivity index (χ4v) is 9.20. The minimum Gasteiger partial charge on any atom is -0.462 e. The Morgan fingerprint density at radius 3 is 1.09 bits per heavy atom. The first-order chi connectivity index (χ1) is 36.8. The average molecular weight is 1070 g/mol. The van der Waals surface area contributed by atoms with Crippen LogP contribution in [0.2, 0.25) is 0 Å². The lowest BCUT2D eigenvalue weighted by atomic mass is 10.0. The van der Waals surface area contributed by atoms with Gasteiger partial charge in [-0.15, -0.1) is 0 Å². The first kappa shape index (κ1) is 71.9. The summed E-state index contributed by atoms with van der Waals surface area (Å²) in [5.41, 5.74) is 5.38. The van der Waals surface area contributed by atoms with Gasteiger partial charge in [-0.05, 0) is 96.3 Å². The van der Waals surface area contributed by atoms with Crippen molar-refractivity contribution in [3.63, 3.8) is 0 Å². The Morgan fingerprint density at radius 2 is 0.733 bits per heavy atom. The lowest BCUT2D eigenvalue weighted by Gasteiger charge is -2.19. The van der Waals surface area contributed by atoms with Crippen molar-refractivity contribution in [2.24, 2.45) is 5.73 Å². The number of allylic oxidation sites excluding steroid dienone is 16. The maximum atomic E-state index is 12.7. The summed E-state index contributed by atoms with van der Waals surface area (Å²) in [5, 5.41) is 0. The standard InChI is InChI=1S/C65H114NO8P/c1-3-5-7-9-11-13-15-17-19-21-22-23-24-25-26-27-28-29-30-31-32-33-34-35-36-37-38-39-40-42-44-46-48-50-52-54-56-58-65(68)74-63(62-73-75(69,70)72-60-59-66)61-71-64(67)57-55-53-51-49-47-45-43-41-20-18-16-14-12-10-8-6-4-2/h5,7,11-14,17-20,22-23,25-26,28-29,63H,3-4,6,8-10,15-16,21,24,27,30-62,66H2,1-2H3,(H,69,70)/b7-5-,13-11-,14-12-,19-17-,20-18-,23-22-,26-25-,29-28-. The lowest BCUT2D eigenvalue weighted by Crippen LogP contribution is -2.29. The summed E-state index contributed by atoms with van der Waals surface area (Å²) in [6, 6.07) is 0. The topological polar surface area (TPSA) is 134 Å². The van der Waals surface area contributed by atoms with Crippen molar-refractivity contribution >= 4 is 19.8 Å². The van der Waals surface area contributed by atoms with Gasteiger partial charge in [0, 0.05) is 19.4 Å². The number of nitrogens with two attached hydrogens (primary N) is 1. The third-order valence-corrected chi connectivity index (χ3v) is 13.9. The SMILES string of the molecule is CC/C=C\C/C=C\C/C=C\C/C=C\C/C=C\C/C=C\CCCCCCCCCCCCCCCCCCCCC(=O)OC(COC(=O)CCCCCCCCC/C=C\C/C=C\CCCCC)COP(=O)(O)OCCN. The minimum absolute atomic E-state index is 0.0501. The molecule has 2 atom stereocenters. The monoisotopic (exact) mass is 1070 g/mol. The van der Waals surface area contributed by atoms with Crippen molar-refractivity contribution in [1.82, 2.24) is 0 Å². The Labute approximate surface area is 461 Å². The van der Waals surface area contributed by atoms with Crippen LogP contribution < -0.4 is 5.73 Å². The van der Waals surface area contributed by atoms with E-state index in [0.717, 1.165) is 96.3 Å². The number of carbonyl (C=O) groups excluding carboxylic acids is 2. The molecule has 0 rings (SSSR count). The molecule has 0 saturated carbocycles. The molecule has 0 fully saturated rings. The van der Waals surface area contributed by atoms with E-state index in [9.17, 15) is 19.0 Å². The van der Waals surface area contributed by atoms with Gasteiger partial charge in [-0.3, -0.25) is 18.6 Å². The summed E-state index contributed by atoms with van der Waals surface area (Å²) < 4.78 is 33.0. The molecule has 0 aromatic rings. The van der Waals surface area contributed by atoms with E-state index >= 15 is 0 Å². The Balaban J connectivity index is 3.87. The highest BCUT2D eigenvalue weighted by Crippen LogP contribution is 2.43. The molecule has 0 aliphatic heterocycles. The molecule has 0 amide bonds. The second-order valence-electron chi connectivity index (χ2n) is 20.2. The number of hydrogen-bond acceptors (Lipinski definition) is 8. The molecule has 0 saturated heterocycles. The van der Waals surface area contributed by atoms with E-state index in [4.69, 9.17) is 24.3 Å². The van der Waals surface area contributed by atoms with E-state index in [1.165, 1.54) is 141 Å². The van der Waals surface area contributed by atoms with Crippen LogP contribution in [0.3, 0.4) is 0 Å². The second kappa shape index (κ2) is 60.2. The van der Waals surface area contributed by atoms with Crippen LogP contribution in [0, 0.1) is 0 Å². The first-order valence-corrected chi connectivity index (χ1v) is 32.2. The van der Waals surface area contributed by atoms with E-state index in [1.807, 2.05) is 0 Å². The summed E-state index contributed by atoms with van der Waals surface area (Å²) in [7, 11) is -4.39. The normalized spacial score (nSPS) is 13.7. The van der Waals surface area contributed by atoms with Crippen molar-refractivity contribution in [2.45, 2.75) is 277 Å². The predicted octanol–water partition coefficient (Wildman–Crippen LogP) is 19.6. The quantitative estimate of drug-likeness (QED) is 0.0264. The number of esters is 2. The number of hydrogen-bond donors (Lipinski definition) is 2. The highest BCUT2D eigenvalue weighted by molar-refractivity contribution is 7.47. The van der Waals surface area contributed by atoms with Gasteiger partial charge < -0.3 is 20.1 Å². The fourth-order valence-electron chi connectivity index (χ4n) is 8.44.